The Bertz CT molecular complexity index is 2020. The molecule has 0 saturated heterocycles. The van der Waals surface area contributed by atoms with Gasteiger partial charge in [0.15, 0.2) is 0 Å². The average molecular weight is 663 g/mol. The van der Waals surface area contributed by atoms with Gasteiger partial charge in [0.25, 0.3) is 11.8 Å². The molecule has 5 aromatic rings. The van der Waals surface area contributed by atoms with Crippen LogP contribution in [0.15, 0.2) is 149 Å². The van der Waals surface area contributed by atoms with Gasteiger partial charge in [0.2, 0.25) is 15.9 Å². The van der Waals surface area contributed by atoms with Crippen molar-refractivity contribution in [2.45, 2.75) is 9.79 Å². The molecule has 0 aliphatic carbocycles. The fraction of sp³-hybridized carbons (Fsp3) is 0.0278. The molecule has 9 nitrogen and oxygen atoms in total. The van der Waals surface area contributed by atoms with Crippen molar-refractivity contribution in [2.24, 2.45) is 5.14 Å². The van der Waals surface area contributed by atoms with Crippen LogP contribution in [0.5, 0.6) is 0 Å². The number of nitrogens with two attached hydrogens (primary N) is 1. The molecule has 5 rings (SSSR count). The highest BCUT2D eigenvalue weighted by Gasteiger charge is 2.16. The van der Waals surface area contributed by atoms with Crippen molar-refractivity contribution in [1.29, 1.82) is 0 Å². The van der Waals surface area contributed by atoms with Crippen LogP contribution in [0.4, 0.5) is 11.4 Å². The molecule has 5 aromatic carbocycles. The van der Waals surface area contributed by atoms with E-state index in [1.807, 2.05) is 54.6 Å². The van der Waals surface area contributed by atoms with Gasteiger partial charge in [-0.3, -0.25) is 14.4 Å². The molecule has 0 radical (unpaired) electrons. The van der Waals surface area contributed by atoms with E-state index in [4.69, 9.17) is 5.14 Å². The summed E-state index contributed by atoms with van der Waals surface area (Å²) in [5, 5.41) is 13.4. The van der Waals surface area contributed by atoms with Crippen LogP contribution in [0.3, 0.4) is 0 Å². The third-order valence-electron chi connectivity index (χ3n) is 6.79. The summed E-state index contributed by atoms with van der Waals surface area (Å²) in [6.45, 7) is 0. The van der Waals surface area contributed by atoms with E-state index >= 15 is 0 Å². The van der Waals surface area contributed by atoms with Crippen LogP contribution >= 0.6 is 11.8 Å². The van der Waals surface area contributed by atoms with E-state index < -0.39 is 21.8 Å². The number of carbonyl (C=O) groups excluding carboxylic acids is 3. The second kappa shape index (κ2) is 15.2. The van der Waals surface area contributed by atoms with Crippen LogP contribution in [0.2, 0.25) is 0 Å². The molecule has 47 heavy (non-hydrogen) atoms. The fourth-order valence-electron chi connectivity index (χ4n) is 4.45. The van der Waals surface area contributed by atoms with Gasteiger partial charge in [-0.2, -0.15) is 0 Å². The lowest BCUT2D eigenvalue weighted by molar-refractivity contribution is -0.114. The molecule has 0 unspecified atom stereocenters. The Hall–Kier alpha value is -5.49. The molecule has 0 bridgehead atoms. The van der Waals surface area contributed by atoms with Gasteiger partial charge < -0.3 is 16.0 Å². The minimum Gasteiger partial charge on any atom is -0.325 e. The second-order valence-electron chi connectivity index (χ2n) is 10.3. The predicted octanol–water partition coefficient (Wildman–Crippen LogP) is 6.14. The van der Waals surface area contributed by atoms with Crippen LogP contribution in [-0.4, -0.2) is 31.9 Å². The SMILES string of the molecule is NS(=O)(=O)c1ccc(NC(=O)CSc2cccc(NC(=O)/C(=C\c3ccc(-c4ccccc4)cc3)NC(=O)c3ccccc3)c2)cc1. The van der Waals surface area contributed by atoms with E-state index in [9.17, 15) is 22.8 Å². The molecule has 5 N–H and O–H groups in total. The highest BCUT2D eigenvalue weighted by Crippen LogP contribution is 2.24. The minimum atomic E-state index is -3.83. The summed E-state index contributed by atoms with van der Waals surface area (Å²) in [6.07, 6.45) is 1.61. The number of rotatable bonds is 11. The van der Waals surface area contributed by atoms with Gasteiger partial charge in [0.05, 0.1) is 10.6 Å². The first kappa shape index (κ1) is 32.9. The van der Waals surface area contributed by atoms with Crippen LogP contribution in [0, 0.1) is 0 Å². The monoisotopic (exact) mass is 662 g/mol. The third kappa shape index (κ3) is 9.50. The molecule has 0 aliphatic rings. The first-order chi connectivity index (χ1) is 22.6. The Labute approximate surface area is 277 Å². The van der Waals surface area contributed by atoms with Crippen LogP contribution < -0.4 is 21.1 Å². The first-order valence-corrected chi connectivity index (χ1v) is 16.9. The summed E-state index contributed by atoms with van der Waals surface area (Å²) >= 11 is 1.25. The Morgan fingerprint density at radius 3 is 1.98 bits per heavy atom. The largest absolute Gasteiger partial charge is 0.325 e. The molecule has 0 saturated carbocycles. The molecule has 0 aliphatic heterocycles. The average Bonchev–Trinajstić information content (AvgIpc) is 3.08. The normalized spacial score (nSPS) is 11.4. The van der Waals surface area contributed by atoms with E-state index in [0.717, 1.165) is 21.6 Å². The van der Waals surface area contributed by atoms with E-state index in [-0.39, 0.29) is 22.3 Å². The third-order valence-corrected chi connectivity index (χ3v) is 8.71. The molecule has 0 aromatic heterocycles. The molecule has 0 spiro atoms. The molecule has 0 fully saturated rings. The smallest absolute Gasteiger partial charge is 0.272 e. The van der Waals surface area contributed by atoms with Crippen molar-refractivity contribution < 1.29 is 22.8 Å². The zero-order valence-corrected chi connectivity index (χ0v) is 26.6. The lowest BCUT2D eigenvalue weighted by Crippen LogP contribution is -2.30. The highest BCUT2D eigenvalue weighted by molar-refractivity contribution is 8.00. The summed E-state index contributed by atoms with van der Waals surface area (Å²) in [4.78, 5) is 39.7. The topological polar surface area (TPSA) is 147 Å². The van der Waals surface area contributed by atoms with Crippen molar-refractivity contribution in [3.63, 3.8) is 0 Å². The number of carbonyl (C=O) groups is 3. The Balaban J connectivity index is 1.27. The van der Waals surface area contributed by atoms with Gasteiger partial charge in [-0.15, -0.1) is 11.8 Å². The number of thioether (sulfide) groups is 1. The first-order valence-electron chi connectivity index (χ1n) is 14.3. The molecule has 3 amide bonds. The summed E-state index contributed by atoms with van der Waals surface area (Å²) < 4.78 is 22.9. The molecule has 11 heteroatoms. The molecular weight excluding hydrogens is 633 g/mol. The molecule has 0 atom stereocenters. The summed E-state index contributed by atoms with van der Waals surface area (Å²) in [6, 6.07) is 38.7. The number of anilines is 2. The van der Waals surface area contributed by atoms with Crippen molar-refractivity contribution in [3.8, 4) is 11.1 Å². The zero-order valence-electron chi connectivity index (χ0n) is 24.9. The maximum Gasteiger partial charge on any atom is 0.272 e. The fourth-order valence-corrected chi connectivity index (χ4v) is 5.72. The lowest BCUT2D eigenvalue weighted by atomic mass is 10.0. The van der Waals surface area contributed by atoms with Crippen LogP contribution in [0.25, 0.3) is 17.2 Å². The van der Waals surface area contributed by atoms with Crippen molar-refractivity contribution in [1.82, 2.24) is 5.32 Å². The van der Waals surface area contributed by atoms with Crippen LogP contribution in [-0.2, 0) is 19.6 Å². The number of sulfonamides is 1. The Kier molecular flexibility index (Phi) is 10.6. The van der Waals surface area contributed by atoms with Gasteiger partial charge >= 0.3 is 0 Å². The number of hydrogen-bond donors (Lipinski definition) is 4. The number of hydrogen-bond acceptors (Lipinski definition) is 6. The number of primary sulfonamides is 1. The Morgan fingerprint density at radius 1 is 0.681 bits per heavy atom. The van der Waals surface area contributed by atoms with Gasteiger partial charge in [-0.25, -0.2) is 13.6 Å². The molecule has 236 valence electrons. The summed E-state index contributed by atoms with van der Waals surface area (Å²) in [7, 11) is -3.83. The van der Waals surface area contributed by atoms with E-state index in [2.05, 4.69) is 16.0 Å². The summed E-state index contributed by atoms with van der Waals surface area (Å²) in [5.74, 6) is -1.20. The second-order valence-corrected chi connectivity index (χ2v) is 12.9. The quantitative estimate of drug-likeness (QED) is 0.0987. The number of nitrogens with one attached hydrogen (secondary N) is 3. The maximum atomic E-state index is 13.5. The molecule has 0 heterocycles. The van der Waals surface area contributed by atoms with Gasteiger partial charge in [-0.05, 0) is 77.4 Å². The maximum absolute atomic E-state index is 13.5. The van der Waals surface area contributed by atoms with Gasteiger partial charge in [0.1, 0.15) is 5.70 Å². The standard InChI is InChI=1S/C36H30N4O5S2/c37-47(44,45)32-20-18-29(19-21-32)38-34(41)24-46-31-13-7-12-30(23-31)39-36(43)33(40-35(42)28-10-5-2-6-11-28)22-25-14-16-27(17-15-25)26-8-3-1-4-9-26/h1-23H,24H2,(H,38,41)(H,39,43)(H,40,42)(H2,37,44,45)/b33-22+. The lowest BCUT2D eigenvalue weighted by Gasteiger charge is -2.12. The van der Waals surface area contributed by atoms with E-state index in [1.54, 1.807) is 60.7 Å². The van der Waals surface area contributed by atoms with Gasteiger partial charge in [0, 0.05) is 21.8 Å². The van der Waals surface area contributed by atoms with Crippen molar-refractivity contribution in [3.05, 3.63) is 150 Å². The summed E-state index contributed by atoms with van der Waals surface area (Å²) in [5.41, 5.74) is 4.16. The Morgan fingerprint density at radius 2 is 1.32 bits per heavy atom. The number of benzene rings is 5. The molecular formula is C36H30N4O5S2. The van der Waals surface area contributed by atoms with E-state index in [1.165, 1.54) is 36.0 Å². The highest BCUT2D eigenvalue weighted by atomic mass is 32.2. The van der Waals surface area contributed by atoms with Crippen LogP contribution in [0.1, 0.15) is 15.9 Å². The zero-order chi connectivity index (χ0) is 33.2. The van der Waals surface area contributed by atoms with Crippen molar-refractivity contribution in [2.75, 3.05) is 16.4 Å². The van der Waals surface area contributed by atoms with Gasteiger partial charge in [-0.1, -0.05) is 78.9 Å². The number of amides is 3. The van der Waals surface area contributed by atoms with E-state index in [0.29, 0.717) is 16.9 Å². The minimum absolute atomic E-state index is 0.0530. The van der Waals surface area contributed by atoms with Crippen molar-refractivity contribution >= 4 is 57.0 Å². The predicted molar refractivity (Wildman–Crippen MR) is 186 cm³/mol.